The zero-order valence-electron chi connectivity index (χ0n) is 14.2. The van der Waals surface area contributed by atoms with Gasteiger partial charge in [-0.1, -0.05) is 31.9 Å². The lowest BCUT2D eigenvalue weighted by Gasteiger charge is -2.18. The van der Waals surface area contributed by atoms with Crippen LogP contribution in [0, 0.1) is 0 Å². The summed E-state index contributed by atoms with van der Waals surface area (Å²) in [7, 11) is 0. The fraction of sp³-hybridized carbons (Fsp3) is 0.500. The SMILES string of the molecule is CCCCCOC1=[N+]([C@@H](C=O)[C@H](O)[C@H](O)CO)C(=O)c2ccccc21. The van der Waals surface area contributed by atoms with E-state index in [0.717, 1.165) is 23.8 Å². The average molecular weight is 350 g/mol. The average Bonchev–Trinajstić information content (AvgIpc) is 2.91. The molecule has 0 radical (unpaired) electrons. The van der Waals surface area contributed by atoms with Crippen molar-refractivity contribution in [1.82, 2.24) is 0 Å². The molecule has 0 saturated carbocycles. The number of hydrogen-bond donors (Lipinski definition) is 3. The highest BCUT2D eigenvalue weighted by Gasteiger charge is 2.48. The maximum atomic E-state index is 12.7. The van der Waals surface area contributed by atoms with Crippen LogP contribution in [0.4, 0.5) is 0 Å². The van der Waals surface area contributed by atoms with Crippen molar-refractivity contribution in [2.75, 3.05) is 13.2 Å². The predicted molar refractivity (Wildman–Crippen MR) is 89.6 cm³/mol. The molecule has 3 atom stereocenters. The Bertz CT molecular complexity index is 657. The van der Waals surface area contributed by atoms with Gasteiger partial charge in [0.15, 0.2) is 12.4 Å². The summed E-state index contributed by atoms with van der Waals surface area (Å²) >= 11 is 0. The molecule has 1 aromatic carbocycles. The highest BCUT2D eigenvalue weighted by Crippen LogP contribution is 2.22. The number of nitrogens with zero attached hydrogens (tertiary/aromatic N) is 1. The zero-order valence-corrected chi connectivity index (χ0v) is 14.2. The molecule has 1 aliphatic rings. The van der Waals surface area contributed by atoms with E-state index in [2.05, 4.69) is 6.92 Å². The number of carbonyl (C=O) groups is 2. The molecular weight excluding hydrogens is 326 g/mol. The standard InChI is InChI=1S/C18H24NO6/c1-2-3-6-9-25-18-13-8-5-4-7-12(13)17(24)19(18)14(10-20)16(23)15(22)11-21/h4-5,7-8,10,14-16,21-23H,2-3,6,9,11H2,1H3/q+1/t14-,15+,16-/m0/s1. The molecule has 136 valence electrons. The second-order valence-corrected chi connectivity index (χ2v) is 5.95. The molecule has 7 heteroatoms. The number of ether oxygens (including phenoxy) is 1. The summed E-state index contributed by atoms with van der Waals surface area (Å²) in [5.41, 5.74) is 0.909. The number of aliphatic hydroxyl groups is 3. The molecule has 0 saturated heterocycles. The first-order chi connectivity index (χ1) is 12.1. The molecule has 7 nitrogen and oxygen atoms in total. The van der Waals surface area contributed by atoms with Crippen LogP contribution in [-0.2, 0) is 9.53 Å². The number of hydrogen-bond acceptors (Lipinski definition) is 6. The minimum atomic E-state index is -1.63. The van der Waals surface area contributed by atoms with Crippen molar-refractivity contribution in [2.24, 2.45) is 0 Å². The van der Waals surface area contributed by atoms with Crippen LogP contribution in [0.15, 0.2) is 24.3 Å². The maximum Gasteiger partial charge on any atom is 0.424 e. The van der Waals surface area contributed by atoms with E-state index in [9.17, 15) is 19.8 Å². The first kappa shape index (κ1) is 19.2. The molecule has 1 heterocycles. The Morgan fingerprint density at radius 2 is 1.88 bits per heavy atom. The number of aliphatic hydroxyl groups excluding tert-OH is 3. The van der Waals surface area contributed by atoms with Crippen molar-refractivity contribution in [3.05, 3.63) is 35.4 Å². The molecule has 0 fully saturated rings. The van der Waals surface area contributed by atoms with Gasteiger partial charge in [0.1, 0.15) is 17.2 Å². The number of carbonyl (C=O) groups excluding carboxylic acids is 2. The summed E-state index contributed by atoms with van der Waals surface area (Å²) in [5, 5.41) is 28.9. The molecular formula is C18H24NO6+. The van der Waals surface area contributed by atoms with E-state index in [0.29, 0.717) is 24.0 Å². The molecule has 1 aromatic rings. The van der Waals surface area contributed by atoms with Gasteiger partial charge in [0.2, 0.25) is 6.04 Å². The van der Waals surface area contributed by atoms with Gasteiger partial charge in [-0.05, 0) is 18.6 Å². The lowest BCUT2D eigenvalue weighted by atomic mass is 10.1. The van der Waals surface area contributed by atoms with Gasteiger partial charge in [0, 0.05) is 0 Å². The van der Waals surface area contributed by atoms with Crippen LogP contribution in [0.5, 0.6) is 0 Å². The van der Waals surface area contributed by atoms with Crippen molar-refractivity contribution < 1.29 is 34.2 Å². The fourth-order valence-electron chi connectivity index (χ4n) is 2.78. The number of amides is 1. The van der Waals surface area contributed by atoms with Crippen LogP contribution in [0.25, 0.3) is 0 Å². The van der Waals surface area contributed by atoms with Crippen LogP contribution in [-0.4, -0.2) is 69.4 Å². The largest absolute Gasteiger partial charge is 0.444 e. The molecule has 25 heavy (non-hydrogen) atoms. The van der Waals surface area contributed by atoms with Gasteiger partial charge in [-0.25, -0.2) is 4.79 Å². The van der Waals surface area contributed by atoms with Crippen LogP contribution >= 0.6 is 0 Å². The third-order valence-electron chi connectivity index (χ3n) is 4.18. The number of benzene rings is 1. The van der Waals surface area contributed by atoms with Crippen molar-refractivity contribution in [2.45, 2.75) is 44.4 Å². The first-order valence-corrected chi connectivity index (χ1v) is 8.41. The summed E-state index contributed by atoms with van der Waals surface area (Å²) in [6.07, 6.45) is -0.0362. The van der Waals surface area contributed by atoms with Gasteiger partial charge in [0.05, 0.1) is 13.2 Å². The minimum Gasteiger partial charge on any atom is -0.444 e. The molecule has 0 spiro atoms. The van der Waals surface area contributed by atoms with Crippen molar-refractivity contribution in [3.63, 3.8) is 0 Å². The van der Waals surface area contributed by atoms with E-state index in [1.54, 1.807) is 24.3 Å². The molecule has 0 unspecified atom stereocenters. The van der Waals surface area contributed by atoms with Crippen LogP contribution in [0.3, 0.4) is 0 Å². The summed E-state index contributed by atoms with van der Waals surface area (Å²) < 4.78 is 6.83. The third-order valence-corrected chi connectivity index (χ3v) is 4.18. The smallest absolute Gasteiger partial charge is 0.424 e. The Morgan fingerprint density at radius 1 is 1.20 bits per heavy atom. The molecule has 1 amide bonds. The number of unbranched alkanes of at least 4 members (excludes halogenated alkanes) is 2. The van der Waals surface area contributed by atoms with Crippen LogP contribution < -0.4 is 0 Å². The Labute approximate surface area is 146 Å². The van der Waals surface area contributed by atoms with Crippen molar-refractivity contribution >= 4 is 18.1 Å². The van der Waals surface area contributed by atoms with Crippen molar-refractivity contribution in [3.8, 4) is 0 Å². The van der Waals surface area contributed by atoms with Crippen LogP contribution in [0.1, 0.15) is 42.1 Å². The number of fused-ring (bicyclic) bond motifs is 1. The van der Waals surface area contributed by atoms with Crippen molar-refractivity contribution in [1.29, 1.82) is 0 Å². The van der Waals surface area contributed by atoms with E-state index in [1.807, 2.05) is 0 Å². The van der Waals surface area contributed by atoms with Gasteiger partial charge < -0.3 is 20.1 Å². The minimum absolute atomic E-state index is 0.193. The molecule has 0 aromatic heterocycles. The lowest BCUT2D eigenvalue weighted by Crippen LogP contribution is -2.49. The van der Waals surface area contributed by atoms with E-state index in [4.69, 9.17) is 9.84 Å². The molecule has 0 aliphatic carbocycles. The highest BCUT2D eigenvalue weighted by molar-refractivity contribution is 6.10. The molecule has 3 N–H and O–H groups in total. The molecule has 2 rings (SSSR count). The van der Waals surface area contributed by atoms with Gasteiger partial charge in [-0.2, -0.15) is 0 Å². The summed E-state index contributed by atoms with van der Waals surface area (Å²) in [4.78, 5) is 24.3. The van der Waals surface area contributed by atoms with Crippen LogP contribution in [0.2, 0.25) is 0 Å². The van der Waals surface area contributed by atoms with Gasteiger partial charge in [0.25, 0.3) is 0 Å². The third kappa shape index (κ3) is 3.95. The normalized spacial score (nSPS) is 17.2. The van der Waals surface area contributed by atoms with E-state index in [-0.39, 0.29) is 5.90 Å². The Morgan fingerprint density at radius 3 is 2.48 bits per heavy atom. The second-order valence-electron chi connectivity index (χ2n) is 5.95. The molecule has 0 bridgehead atoms. The summed E-state index contributed by atoms with van der Waals surface area (Å²) in [6, 6.07) is 5.41. The van der Waals surface area contributed by atoms with Gasteiger partial charge in [-0.3, -0.25) is 4.79 Å². The monoisotopic (exact) mass is 350 g/mol. The maximum absolute atomic E-state index is 12.7. The lowest BCUT2D eigenvalue weighted by molar-refractivity contribution is -0.476. The Hall–Kier alpha value is -2.09. The number of rotatable bonds is 9. The topological polar surface area (TPSA) is 107 Å². The number of aldehydes is 1. The zero-order chi connectivity index (χ0) is 18.4. The van der Waals surface area contributed by atoms with E-state index < -0.39 is 30.8 Å². The van der Waals surface area contributed by atoms with Gasteiger partial charge in [-0.15, -0.1) is 4.58 Å². The fourth-order valence-corrected chi connectivity index (χ4v) is 2.78. The quantitative estimate of drug-likeness (QED) is 0.331. The summed E-state index contributed by atoms with van der Waals surface area (Å²) in [6.45, 7) is 1.70. The predicted octanol–water partition coefficient (Wildman–Crippen LogP) is 0.0879. The Balaban J connectivity index is 2.40. The van der Waals surface area contributed by atoms with E-state index in [1.165, 1.54) is 0 Å². The van der Waals surface area contributed by atoms with Gasteiger partial charge >= 0.3 is 11.8 Å². The second kappa shape index (κ2) is 8.84. The Kier molecular flexibility index (Phi) is 6.81. The summed E-state index contributed by atoms with van der Waals surface area (Å²) in [5.74, 6) is -0.291. The first-order valence-electron chi connectivity index (χ1n) is 8.41. The molecule has 1 aliphatic heterocycles. The highest BCUT2D eigenvalue weighted by atomic mass is 16.5. The van der Waals surface area contributed by atoms with E-state index >= 15 is 0 Å².